The zero-order valence-corrected chi connectivity index (χ0v) is 9.91. The summed E-state index contributed by atoms with van der Waals surface area (Å²) in [7, 11) is 0. The van der Waals surface area contributed by atoms with E-state index in [1.807, 2.05) is 0 Å². The van der Waals surface area contributed by atoms with Crippen LogP contribution in [0.4, 0.5) is 13.2 Å². The van der Waals surface area contributed by atoms with E-state index >= 15 is 0 Å². The Kier molecular flexibility index (Phi) is 6.09. The number of carbonyl (C=O) groups excluding carboxylic acids is 1. The van der Waals surface area contributed by atoms with Gasteiger partial charge in [-0.25, -0.2) is 4.98 Å². The molecule has 0 unspecified atom stereocenters. The van der Waals surface area contributed by atoms with Crippen LogP contribution in [0.5, 0.6) is 0 Å². The number of aryl methyl sites for hydroxylation is 1. The molecule has 0 aliphatic heterocycles. The summed E-state index contributed by atoms with van der Waals surface area (Å²) in [4.78, 5) is 14.1. The Bertz CT molecular complexity index is 313. The van der Waals surface area contributed by atoms with Crippen molar-refractivity contribution in [3.63, 3.8) is 0 Å². The smallest absolute Gasteiger partial charge is 0.348 e. The Morgan fingerprint density at radius 2 is 2.12 bits per heavy atom. The van der Waals surface area contributed by atoms with Gasteiger partial charge in [0.15, 0.2) is 0 Å². The summed E-state index contributed by atoms with van der Waals surface area (Å²) in [5.41, 5.74) is 0. The Hall–Kier alpha value is -1.05. The summed E-state index contributed by atoms with van der Waals surface area (Å²) in [5.74, 6) is -1.90. The molecule has 0 saturated heterocycles. The lowest BCUT2D eigenvalue weighted by Crippen LogP contribution is -2.37. The minimum Gasteiger partial charge on any atom is -0.348 e. The van der Waals surface area contributed by atoms with Gasteiger partial charge in [-0.1, -0.05) is 0 Å². The molecule has 0 radical (unpaired) electrons. The first kappa shape index (κ1) is 14.9. The van der Waals surface area contributed by atoms with Gasteiger partial charge in [-0.15, -0.1) is 17.0 Å². The molecule has 0 fully saturated rings. The van der Waals surface area contributed by atoms with E-state index in [0.717, 1.165) is 0 Å². The third kappa shape index (κ3) is 5.15. The summed E-state index contributed by atoms with van der Waals surface area (Å²) in [5, 5.41) is 1.79. The predicted octanol–water partition coefficient (Wildman–Crippen LogP) is 1.53. The molecule has 4 nitrogen and oxygen atoms in total. The maximum Gasteiger partial charge on any atom is 0.471 e. The number of nitrogens with one attached hydrogen (secondary N) is 1. The van der Waals surface area contributed by atoms with E-state index in [0.29, 0.717) is 13.0 Å². The number of alkyl halides is 3. The third-order valence-electron chi connectivity index (χ3n) is 1.70. The average molecular weight is 302 g/mol. The van der Waals surface area contributed by atoms with Crippen molar-refractivity contribution >= 4 is 22.9 Å². The number of hydrogen-bond acceptors (Lipinski definition) is 2. The van der Waals surface area contributed by atoms with Crippen LogP contribution in [0.25, 0.3) is 0 Å². The summed E-state index contributed by atoms with van der Waals surface area (Å²) in [6.07, 6.45) is 0.471. The summed E-state index contributed by atoms with van der Waals surface area (Å²) in [6.45, 7) is 0.522. The lowest BCUT2D eigenvalue weighted by molar-refractivity contribution is -0.173. The third-order valence-corrected chi connectivity index (χ3v) is 1.70. The molecule has 1 heterocycles. The summed E-state index contributed by atoms with van der Waals surface area (Å²) >= 11 is 0. The van der Waals surface area contributed by atoms with Crippen LogP contribution in [0.3, 0.4) is 0 Å². The zero-order chi connectivity index (χ0) is 11.3. The van der Waals surface area contributed by atoms with Crippen molar-refractivity contribution in [3.8, 4) is 0 Å². The normalized spacial score (nSPS) is 10.7. The number of imidazole rings is 1. The number of aromatic nitrogens is 2. The van der Waals surface area contributed by atoms with Crippen LogP contribution in [0.2, 0.25) is 0 Å². The molecule has 1 rings (SSSR count). The number of rotatable bonds is 4. The zero-order valence-electron chi connectivity index (χ0n) is 8.20. The number of hydrogen-bond donors (Lipinski definition) is 1. The molecule has 0 atom stereocenters. The van der Waals surface area contributed by atoms with Gasteiger partial charge >= 0.3 is 12.1 Å². The highest BCUT2D eigenvalue weighted by Gasteiger charge is 2.38. The molecule has 0 aromatic carbocycles. The maximum atomic E-state index is 11.7. The van der Waals surface area contributed by atoms with Gasteiger partial charge in [-0.05, 0) is 6.42 Å². The van der Waals surface area contributed by atoms with Gasteiger partial charge in [-0.2, -0.15) is 13.2 Å². The molecule has 0 saturated carbocycles. The molecule has 92 valence electrons. The largest absolute Gasteiger partial charge is 0.471 e. The van der Waals surface area contributed by atoms with E-state index < -0.39 is 12.1 Å². The first-order valence-electron chi connectivity index (χ1n) is 4.31. The highest BCUT2D eigenvalue weighted by atomic mass is 79.9. The molecule has 0 spiro atoms. The topological polar surface area (TPSA) is 46.9 Å². The number of amides is 1. The average Bonchev–Trinajstić information content (AvgIpc) is 2.63. The minimum atomic E-state index is -4.80. The Morgan fingerprint density at radius 1 is 1.44 bits per heavy atom. The monoisotopic (exact) mass is 301 g/mol. The number of halogens is 4. The molecule has 1 aromatic rings. The van der Waals surface area contributed by atoms with Crippen molar-refractivity contribution in [2.24, 2.45) is 0 Å². The van der Waals surface area contributed by atoms with Crippen molar-refractivity contribution in [2.45, 2.75) is 19.1 Å². The van der Waals surface area contributed by atoms with Gasteiger partial charge in [0.25, 0.3) is 0 Å². The maximum absolute atomic E-state index is 11.7. The summed E-state index contributed by atoms with van der Waals surface area (Å²) < 4.78 is 36.9. The fourth-order valence-corrected chi connectivity index (χ4v) is 0.983. The van der Waals surface area contributed by atoms with Gasteiger partial charge in [0.2, 0.25) is 0 Å². The molecular formula is C8H11BrF3N3O. The van der Waals surface area contributed by atoms with E-state index in [9.17, 15) is 18.0 Å². The molecule has 1 N–H and O–H groups in total. The predicted molar refractivity (Wildman–Crippen MR) is 56.2 cm³/mol. The van der Waals surface area contributed by atoms with Crippen LogP contribution in [0, 0.1) is 0 Å². The Labute approximate surface area is 101 Å². The number of nitrogens with zero attached hydrogens (tertiary/aromatic N) is 2. The lowest BCUT2D eigenvalue weighted by Gasteiger charge is -2.07. The minimum absolute atomic E-state index is 0. The Morgan fingerprint density at radius 3 is 2.62 bits per heavy atom. The second kappa shape index (κ2) is 6.51. The fourth-order valence-electron chi connectivity index (χ4n) is 0.983. The van der Waals surface area contributed by atoms with Gasteiger partial charge in [0.05, 0.1) is 6.33 Å². The van der Waals surface area contributed by atoms with Crippen LogP contribution in [-0.4, -0.2) is 28.2 Å². The van der Waals surface area contributed by atoms with Crippen LogP contribution >= 0.6 is 17.0 Å². The molecule has 1 aromatic heterocycles. The van der Waals surface area contributed by atoms with Gasteiger partial charge in [-0.3, -0.25) is 4.79 Å². The second-order valence-electron chi connectivity index (χ2n) is 2.91. The van der Waals surface area contributed by atoms with Crippen LogP contribution in [-0.2, 0) is 11.3 Å². The van der Waals surface area contributed by atoms with Gasteiger partial charge < -0.3 is 9.88 Å². The fraction of sp³-hybridized carbons (Fsp3) is 0.500. The van der Waals surface area contributed by atoms with Crippen LogP contribution in [0.15, 0.2) is 18.7 Å². The summed E-state index contributed by atoms with van der Waals surface area (Å²) in [6, 6.07) is 0. The van der Waals surface area contributed by atoms with Crippen molar-refractivity contribution in [3.05, 3.63) is 18.7 Å². The quantitative estimate of drug-likeness (QED) is 0.858. The molecule has 1 amide bonds. The van der Waals surface area contributed by atoms with Crippen LogP contribution < -0.4 is 5.32 Å². The van der Waals surface area contributed by atoms with Crippen molar-refractivity contribution in [1.29, 1.82) is 0 Å². The lowest BCUT2D eigenvalue weighted by atomic mass is 10.4. The van der Waals surface area contributed by atoms with Gasteiger partial charge in [0.1, 0.15) is 0 Å². The van der Waals surface area contributed by atoms with E-state index in [-0.39, 0.29) is 23.5 Å². The molecule has 16 heavy (non-hydrogen) atoms. The first-order chi connectivity index (χ1) is 7.00. The number of carbonyl (C=O) groups is 1. The Balaban J connectivity index is 0.00000225. The molecular weight excluding hydrogens is 291 g/mol. The molecule has 0 bridgehead atoms. The highest BCUT2D eigenvalue weighted by molar-refractivity contribution is 8.93. The molecule has 8 heteroatoms. The van der Waals surface area contributed by atoms with Gasteiger partial charge in [0, 0.05) is 25.5 Å². The standard InChI is InChI=1S/C8H10F3N3O.BrH/c9-8(10,11)7(15)13-2-1-4-14-5-3-12-6-14;/h3,5-6H,1-2,4H2,(H,13,15);1H. The van der Waals surface area contributed by atoms with Crippen molar-refractivity contribution in [2.75, 3.05) is 6.54 Å². The highest BCUT2D eigenvalue weighted by Crippen LogP contribution is 2.13. The van der Waals surface area contributed by atoms with Crippen LogP contribution in [0.1, 0.15) is 6.42 Å². The van der Waals surface area contributed by atoms with Crippen molar-refractivity contribution in [1.82, 2.24) is 14.9 Å². The molecule has 0 aliphatic carbocycles. The first-order valence-corrected chi connectivity index (χ1v) is 4.31. The van der Waals surface area contributed by atoms with E-state index in [1.165, 1.54) is 0 Å². The van der Waals surface area contributed by atoms with E-state index in [1.54, 1.807) is 28.6 Å². The van der Waals surface area contributed by atoms with E-state index in [4.69, 9.17) is 0 Å². The van der Waals surface area contributed by atoms with E-state index in [2.05, 4.69) is 4.98 Å². The molecule has 0 aliphatic rings. The second-order valence-corrected chi connectivity index (χ2v) is 2.91. The SMILES string of the molecule is Br.O=C(NCCCn1ccnc1)C(F)(F)F. The van der Waals surface area contributed by atoms with Crippen molar-refractivity contribution < 1.29 is 18.0 Å².